The lowest BCUT2D eigenvalue weighted by molar-refractivity contribution is -0.143. The number of benzene rings is 3. The number of aromatic nitrogens is 3. The number of carboxylic acid groups (broad SMARTS) is 1. The standard InChI is InChI=1S/C30H21F3IN3O3/c1-18-15-20(19-11-13-22(34)14-12-19)9-10-21(18)17-40-26-7-3-2-5-23(26)25-6-4-8-27(36-25)37-28(30(31,32)33)24(16-35-37)29(38)39/h2-16H,17H2,1H3,(H,38,39). The van der Waals surface area contributed by atoms with Gasteiger partial charge in [0.1, 0.15) is 17.9 Å². The van der Waals surface area contributed by atoms with Crippen molar-refractivity contribution in [2.45, 2.75) is 19.7 Å². The van der Waals surface area contributed by atoms with Gasteiger partial charge in [-0.1, -0.05) is 48.5 Å². The summed E-state index contributed by atoms with van der Waals surface area (Å²) < 4.78 is 49.0. The summed E-state index contributed by atoms with van der Waals surface area (Å²) in [7, 11) is 0. The molecule has 0 unspecified atom stereocenters. The van der Waals surface area contributed by atoms with Crippen LogP contribution in [-0.4, -0.2) is 25.8 Å². The van der Waals surface area contributed by atoms with E-state index in [9.17, 15) is 23.1 Å². The summed E-state index contributed by atoms with van der Waals surface area (Å²) in [4.78, 5) is 15.7. The Hall–Kier alpha value is -4.19. The predicted octanol–water partition coefficient (Wildman–Crippen LogP) is 7.81. The molecule has 2 aromatic heterocycles. The molecule has 40 heavy (non-hydrogen) atoms. The van der Waals surface area contributed by atoms with E-state index in [2.05, 4.69) is 63.0 Å². The molecule has 0 saturated heterocycles. The predicted molar refractivity (Wildman–Crippen MR) is 152 cm³/mol. The van der Waals surface area contributed by atoms with Crippen LogP contribution in [0.5, 0.6) is 5.75 Å². The van der Waals surface area contributed by atoms with E-state index >= 15 is 0 Å². The summed E-state index contributed by atoms with van der Waals surface area (Å²) in [6, 6.07) is 26.0. The summed E-state index contributed by atoms with van der Waals surface area (Å²) in [5.74, 6) is -1.40. The third kappa shape index (κ3) is 5.71. The number of hydrogen-bond donors (Lipinski definition) is 1. The lowest BCUT2D eigenvalue weighted by Crippen LogP contribution is -2.18. The smallest absolute Gasteiger partial charge is 0.434 e. The molecule has 0 saturated carbocycles. The number of alkyl halides is 3. The molecule has 6 nitrogen and oxygen atoms in total. The summed E-state index contributed by atoms with van der Waals surface area (Å²) in [5, 5.41) is 12.9. The summed E-state index contributed by atoms with van der Waals surface area (Å²) in [6.07, 6.45) is -4.28. The molecule has 0 bridgehead atoms. The van der Waals surface area contributed by atoms with Crippen molar-refractivity contribution in [3.63, 3.8) is 0 Å². The van der Waals surface area contributed by atoms with Gasteiger partial charge in [-0.15, -0.1) is 0 Å². The molecular formula is C30H21F3IN3O3. The second-order valence-corrected chi connectivity index (χ2v) is 10.2. The number of pyridine rings is 1. The van der Waals surface area contributed by atoms with Gasteiger partial charge < -0.3 is 9.84 Å². The Morgan fingerprint density at radius 3 is 2.40 bits per heavy atom. The number of halogens is 4. The third-order valence-corrected chi connectivity index (χ3v) is 7.01. The maximum absolute atomic E-state index is 13.7. The van der Waals surface area contributed by atoms with E-state index in [0.29, 0.717) is 27.9 Å². The third-order valence-electron chi connectivity index (χ3n) is 6.29. The quantitative estimate of drug-likeness (QED) is 0.181. The first-order valence-corrected chi connectivity index (χ1v) is 13.1. The van der Waals surface area contributed by atoms with Crippen LogP contribution in [0.25, 0.3) is 28.2 Å². The Morgan fingerprint density at radius 2 is 1.70 bits per heavy atom. The summed E-state index contributed by atoms with van der Waals surface area (Å²) >= 11 is 2.27. The van der Waals surface area contributed by atoms with Gasteiger partial charge in [-0.25, -0.2) is 14.5 Å². The molecule has 0 radical (unpaired) electrons. The van der Waals surface area contributed by atoms with E-state index in [4.69, 9.17) is 4.74 Å². The number of aryl methyl sites for hydroxylation is 1. The Bertz CT molecular complexity index is 1700. The van der Waals surface area contributed by atoms with Gasteiger partial charge in [-0.3, -0.25) is 0 Å². The lowest BCUT2D eigenvalue weighted by Gasteiger charge is -2.15. The van der Waals surface area contributed by atoms with E-state index in [-0.39, 0.29) is 12.4 Å². The van der Waals surface area contributed by atoms with Crippen molar-refractivity contribution >= 4 is 28.6 Å². The molecule has 202 valence electrons. The Kier molecular flexibility index (Phi) is 7.61. The van der Waals surface area contributed by atoms with Crippen LogP contribution in [-0.2, 0) is 12.8 Å². The fourth-order valence-corrected chi connectivity index (χ4v) is 4.64. The van der Waals surface area contributed by atoms with Crippen LogP contribution in [0.2, 0.25) is 0 Å². The molecule has 0 spiro atoms. The van der Waals surface area contributed by atoms with Gasteiger partial charge in [0, 0.05) is 9.13 Å². The van der Waals surface area contributed by atoms with Gasteiger partial charge in [0.15, 0.2) is 11.5 Å². The number of carbonyl (C=O) groups is 1. The van der Waals surface area contributed by atoms with Crippen molar-refractivity contribution in [2.75, 3.05) is 0 Å². The van der Waals surface area contributed by atoms with Gasteiger partial charge in [0.25, 0.3) is 0 Å². The zero-order valence-electron chi connectivity index (χ0n) is 21.0. The molecule has 1 N–H and O–H groups in total. The van der Waals surface area contributed by atoms with Gasteiger partial charge in [-0.05, 0) is 88.2 Å². The van der Waals surface area contributed by atoms with Crippen LogP contribution in [0.1, 0.15) is 27.2 Å². The maximum Gasteiger partial charge on any atom is 0.434 e. The fraction of sp³-hybridized carbons (Fsp3) is 0.100. The monoisotopic (exact) mass is 655 g/mol. The van der Waals surface area contributed by atoms with E-state index in [1.54, 1.807) is 30.3 Å². The Balaban J connectivity index is 1.42. The number of nitrogens with zero attached hydrogens (tertiary/aromatic N) is 3. The second kappa shape index (κ2) is 11.1. The molecule has 10 heteroatoms. The molecule has 0 aliphatic carbocycles. The number of aromatic carboxylic acids is 1. The second-order valence-electron chi connectivity index (χ2n) is 8.94. The van der Waals surface area contributed by atoms with Crippen LogP contribution in [0.4, 0.5) is 13.2 Å². The average molecular weight is 655 g/mol. The minimum atomic E-state index is -4.95. The molecule has 0 aliphatic heterocycles. The highest BCUT2D eigenvalue weighted by Crippen LogP contribution is 2.35. The van der Waals surface area contributed by atoms with Crippen LogP contribution >= 0.6 is 22.6 Å². The first-order chi connectivity index (χ1) is 19.1. The molecule has 0 atom stereocenters. The summed E-state index contributed by atoms with van der Waals surface area (Å²) in [5.41, 5.74) is 2.82. The van der Waals surface area contributed by atoms with Crippen LogP contribution in [0.3, 0.4) is 0 Å². The van der Waals surface area contributed by atoms with Crippen LogP contribution < -0.4 is 4.74 Å². The minimum absolute atomic E-state index is 0.172. The topological polar surface area (TPSA) is 77.2 Å². The normalized spacial score (nSPS) is 11.4. The first kappa shape index (κ1) is 27.4. The highest BCUT2D eigenvalue weighted by atomic mass is 127. The van der Waals surface area contributed by atoms with Crippen LogP contribution in [0, 0.1) is 10.5 Å². The number of para-hydroxylation sites is 1. The van der Waals surface area contributed by atoms with Crippen molar-refractivity contribution in [1.29, 1.82) is 0 Å². The number of rotatable bonds is 7. The molecule has 5 rings (SSSR count). The molecule has 5 aromatic rings. The largest absolute Gasteiger partial charge is 0.488 e. The number of hydrogen-bond acceptors (Lipinski definition) is 4. The fourth-order valence-electron chi connectivity index (χ4n) is 4.28. The van der Waals surface area contributed by atoms with Gasteiger partial charge in [0.2, 0.25) is 0 Å². The summed E-state index contributed by atoms with van der Waals surface area (Å²) in [6.45, 7) is 2.29. The van der Waals surface area contributed by atoms with E-state index in [1.807, 2.05) is 19.1 Å². The highest BCUT2D eigenvalue weighted by molar-refractivity contribution is 14.1. The zero-order valence-corrected chi connectivity index (χ0v) is 23.1. The van der Waals surface area contributed by atoms with Crippen molar-refractivity contribution in [3.05, 3.63) is 117 Å². The van der Waals surface area contributed by atoms with E-state index < -0.39 is 23.4 Å². The molecule has 0 fully saturated rings. The molecular weight excluding hydrogens is 634 g/mol. The van der Waals surface area contributed by atoms with Gasteiger partial charge in [0.05, 0.1) is 11.9 Å². The Morgan fingerprint density at radius 1 is 0.975 bits per heavy atom. The van der Waals surface area contributed by atoms with Crippen molar-refractivity contribution < 1.29 is 27.8 Å². The minimum Gasteiger partial charge on any atom is -0.488 e. The molecule has 3 aromatic carbocycles. The average Bonchev–Trinajstić information content (AvgIpc) is 3.40. The first-order valence-electron chi connectivity index (χ1n) is 12.1. The van der Waals surface area contributed by atoms with E-state index in [0.717, 1.165) is 25.8 Å². The van der Waals surface area contributed by atoms with Gasteiger partial charge >= 0.3 is 12.1 Å². The van der Waals surface area contributed by atoms with Gasteiger partial charge in [-0.2, -0.15) is 18.3 Å². The zero-order chi connectivity index (χ0) is 28.4. The van der Waals surface area contributed by atoms with Crippen molar-refractivity contribution in [2.24, 2.45) is 0 Å². The molecule has 0 aliphatic rings. The molecule has 0 amide bonds. The van der Waals surface area contributed by atoms with Crippen LogP contribution in [0.15, 0.2) is 91.1 Å². The Labute approximate surface area is 241 Å². The van der Waals surface area contributed by atoms with E-state index in [1.165, 1.54) is 12.1 Å². The van der Waals surface area contributed by atoms with Crippen molar-refractivity contribution in [3.8, 4) is 34.0 Å². The number of ether oxygens (including phenoxy) is 1. The van der Waals surface area contributed by atoms with Crippen molar-refractivity contribution in [1.82, 2.24) is 14.8 Å². The highest BCUT2D eigenvalue weighted by Gasteiger charge is 2.41. The number of carboxylic acids is 1. The maximum atomic E-state index is 13.7. The lowest BCUT2D eigenvalue weighted by atomic mass is 10.0. The SMILES string of the molecule is Cc1cc(-c2ccc(I)cc2)ccc1COc1ccccc1-c1cccc(-n2ncc(C(=O)O)c2C(F)(F)F)n1. The molecule has 2 heterocycles.